The van der Waals surface area contributed by atoms with Crippen molar-refractivity contribution in [3.8, 4) is 0 Å². The number of carbonyl (C=O) groups excluding carboxylic acids is 2. The van der Waals surface area contributed by atoms with Gasteiger partial charge in [0.05, 0.1) is 25.4 Å². The lowest BCUT2D eigenvalue weighted by atomic mass is 10.0. The van der Waals surface area contributed by atoms with Crippen LogP contribution in [0.25, 0.3) is 0 Å². The average molecular weight is 806 g/mol. The topological polar surface area (TPSA) is 95.9 Å². The smallest absolute Gasteiger partial charge is 0.305 e. The predicted octanol–water partition coefficient (Wildman–Crippen LogP) is 15.0. The summed E-state index contributed by atoms with van der Waals surface area (Å²) in [5.41, 5.74) is 0. The van der Waals surface area contributed by atoms with Crippen molar-refractivity contribution in [3.05, 3.63) is 12.2 Å². The molecule has 0 saturated carbocycles. The Morgan fingerprint density at radius 2 is 0.825 bits per heavy atom. The second-order valence-electron chi connectivity index (χ2n) is 17.5. The van der Waals surface area contributed by atoms with Crippen LogP contribution in [0.4, 0.5) is 0 Å². The van der Waals surface area contributed by atoms with Crippen LogP contribution >= 0.6 is 0 Å². The summed E-state index contributed by atoms with van der Waals surface area (Å²) in [4.78, 5) is 24.4. The number of allylic oxidation sites excluding steroid dienone is 2. The van der Waals surface area contributed by atoms with Gasteiger partial charge >= 0.3 is 5.97 Å². The van der Waals surface area contributed by atoms with Crippen LogP contribution in [0, 0.1) is 0 Å². The van der Waals surface area contributed by atoms with Gasteiger partial charge < -0.3 is 20.3 Å². The molecule has 1 amide bonds. The van der Waals surface area contributed by atoms with E-state index >= 15 is 0 Å². The summed E-state index contributed by atoms with van der Waals surface area (Å²) in [5.74, 6) is -0.0681. The van der Waals surface area contributed by atoms with Crippen LogP contribution in [0.15, 0.2) is 12.2 Å². The molecule has 0 saturated heterocycles. The second-order valence-corrected chi connectivity index (χ2v) is 17.5. The minimum atomic E-state index is -0.673. The zero-order valence-corrected chi connectivity index (χ0v) is 38.3. The molecule has 0 heterocycles. The Kier molecular flexibility index (Phi) is 46.1. The number of unbranched alkanes of at least 4 members (excludes halogenated alkanes) is 34. The van der Waals surface area contributed by atoms with Crippen molar-refractivity contribution in [2.24, 2.45) is 0 Å². The van der Waals surface area contributed by atoms with E-state index in [0.29, 0.717) is 25.9 Å². The van der Waals surface area contributed by atoms with E-state index in [1.54, 1.807) is 0 Å². The Morgan fingerprint density at radius 3 is 1.26 bits per heavy atom. The standard InChI is InChI=1S/C51H99NO5/c1-3-5-7-9-11-13-15-17-18-20-23-27-31-35-39-43-49(54)48(47-53)52-50(55)44-40-36-32-28-24-21-22-26-30-34-38-42-46-57-51(56)45-41-37-33-29-25-19-16-14-12-10-8-6-4-2/h14,16,48-49,53-54H,3-13,15,17-47H2,1-2H3,(H,52,55)/b16-14-. The molecule has 0 bridgehead atoms. The van der Waals surface area contributed by atoms with E-state index in [1.807, 2.05) is 0 Å². The first-order valence-corrected chi connectivity index (χ1v) is 25.4. The van der Waals surface area contributed by atoms with E-state index in [0.717, 1.165) is 57.8 Å². The van der Waals surface area contributed by atoms with E-state index in [-0.39, 0.29) is 18.5 Å². The van der Waals surface area contributed by atoms with Gasteiger partial charge in [0.15, 0.2) is 0 Å². The molecule has 0 rings (SSSR count). The van der Waals surface area contributed by atoms with Crippen LogP contribution in [0.3, 0.4) is 0 Å². The third kappa shape index (κ3) is 44.0. The molecule has 0 radical (unpaired) electrons. The van der Waals surface area contributed by atoms with Crippen LogP contribution in [0.5, 0.6) is 0 Å². The van der Waals surface area contributed by atoms with E-state index in [1.165, 1.54) is 186 Å². The molecule has 0 aliphatic carbocycles. The van der Waals surface area contributed by atoms with Gasteiger partial charge in [-0.05, 0) is 51.4 Å². The average Bonchev–Trinajstić information content (AvgIpc) is 3.21. The highest BCUT2D eigenvalue weighted by Crippen LogP contribution is 2.16. The number of amides is 1. The summed E-state index contributed by atoms with van der Waals surface area (Å²) in [6.07, 6.45) is 53.1. The number of carbonyl (C=O) groups is 2. The van der Waals surface area contributed by atoms with Gasteiger partial charge in [-0.3, -0.25) is 9.59 Å². The third-order valence-corrected chi connectivity index (χ3v) is 11.8. The first-order chi connectivity index (χ1) is 28.0. The summed E-state index contributed by atoms with van der Waals surface area (Å²) in [5, 5.41) is 23.2. The van der Waals surface area contributed by atoms with E-state index in [4.69, 9.17) is 4.74 Å². The van der Waals surface area contributed by atoms with Crippen LogP contribution in [-0.2, 0) is 14.3 Å². The normalized spacial score (nSPS) is 12.7. The van der Waals surface area contributed by atoms with Crippen molar-refractivity contribution in [1.29, 1.82) is 0 Å². The molecular weight excluding hydrogens is 707 g/mol. The predicted molar refractivity (Wildman–Crippen MR) is 246 cm³/mol. The van der Waals surface area contributed by atoms with Crippen molar-refractivity contribution in [3.63, 3.8) is 0 Å². The third-order valence-electron chi connectivity index (χ3n) is 11.8. The van der Waals surface area contributed by atoms with Gasteiger partial charge in [-0.1, -0.05) is 225 Å². The minimum Gasteiger partial charge on any atom is -0.466 e. The summed E-state index contributed by atoms with van der Waals surface area (Å²) in [7, 11) is 0. The van der Waals surface area contributed by atoms with Crippen molar-refractivity contribution in [2.45, 2.75) is 289 Å². The molecule has 6 heteroatoms. The first-order valence-electron chi connectivity index (χ1n) is 25.4. The Bertz CT molecular complexity index is 847. The summed E-state index contributed by atoms with van der Waals surface area (Å²) in [6.45, 7) is 4.90. The van der Waals surface area contributed by atoms with Crippen molar-refractivity contribution in [2.75, 3.05) is 13.2 Å². The molecule has 0 aromatic heterocycles. The number of ether oxygens (including phenoxy) is 1. The van der Waals surface area contributed by atoms with Gasteiger partial charge in [0, 0.05) is 12.8 Å². The highest BCUT2D eigenvalue weighted by molar-refractivity contribution is 5.76. The van der Waals surface area contributed by atoms with Gasteiger partial charge in [-0.15, -0.1) is 0 Å². The monoisotopic (exact) mass is 806 g/mol. The quantitative estimate of drug-likeness (QED) is 0.0323. The van der Waals surface area contributed by atoms with Crippen LogP contribution in [-0.4, -0.2) is 47.4 Å². The molecule has 3 N–H and O–H groups in total. The lowest BCUT2D eigenvalue weighted by Crippen LogP contribution is -2.45. The fourth-order valence-corrected chi connectivity index (χ4v) is 7.87. The molecule has 0 aromatic rings. The molecular formula is C51H99NO5. The molecule has 0 aromatic carbocycles. The molecule has 0 spiro atoms. The molecule has 0 fully saturated rings. The fourth-order valence-electron chi connectivity index (χ4n) is 7.87. The van der Waals surface area contributed by atoms with Gasteiger partial charge in [-0.25, -0.2) is 0 Å². The van der Waals surface area contributed by atoms with E-state index in [9.17, 15) is 19.8 Å². The van der Waals surface area contributed by atoms with Crippen molar-refractivity contribution >= 4 is 11.9 Å². The van der Waals surface area contributed by atoms with E-state index < -0.39 is 12.1 Å². The number of nitrogens with one attached hydrogen (secondary N) is 1. The number of hydrogen-bond acceptors (Lipinski definition) is 5. The highest BCUT2D eigenvalue weighted by atomic mass is 16.5. The molecule has 2 atom stereocenters. The molecule has 2 unspecified atom stereocenters. The summed E-state index contributed by atoms with van der Waals surface area (Å²) < 4.78 is 5.45. The Labute approximate surface area is 355 Å². The van der Waals surface area contributed by atoms with Gasteiger partial charge in [-0.2, -0.15) is 0 Å². The number of hydrogen-bond donors (Lipinski definition) is 3. The minimum absolute atomic E-state index is 0.0182. The molecule has 0 aliphatic heterocycles. The van der Waals surface area contributed by atoms with Crippen molar-refractivity contribution in [1.82, 2.24) is 5.32 Å². The lowest BCUT2D eigenvalue weighted by molar-refractivity contribution is -0.143. The first kappa shape index (κ1) is 55.6. The maximum absolute atomic E-state index is 12.4. The van der Waals surface area contributed by atoms with Gasteiger partial charge in [0.25, 0.3) is 0 Å². The largest absolute Gasteiger partial charge is 0.466 e. The van der Waals surface area contributed by atoms with Gasteiger partial charge in [0.2, 0.25) is 5.91 Å². The molecule has 57 heavy (non-hydrogen) atoms. The van der Waals surface area contributed by atoms with Crippen LogP contribution < -0.4 is 5.32 Å². The zero-order chi connectivity index (χ0) is 41.5. The summed E-state index contributed by atoms with van der Waals surface area (Å²) in [6, 6.07) is -0.552. The van der Waals surface area contributed by atoms with Crippen LogP contribution in [0.1, 0.15) is 277 Å². The lowest BCUT2D eigenvalue weighted by Gasteiger charge is -2.22. The van der Waals surface area contributed by atoms with Crippen molar-refractivity contribution < 1.29 is 24.5 Å². The Hall–Kier alpha value is -1.40. The Balaban J connectivity index is 3.47. The molecule has 0 aliphatic rings. The number of esters is 1. The second kappa shape index (κ2) is 47.3. The number of aliphatic hydroxyl groups is 2. The number of aliphatic hydroxyl groups excluding tert-OH is 2. The maximum Gasteiger partial charge on any atom is 0.305 e. The molecule has 6 nitrogen and oxygen atoms in total. The van der Waals surface area contributed by atoms with Gasteiger partial charge in [0.1, 0.15) is 0 Å². The zero-order valence-electron chi connectivity index (χ0n) is 38.3. The summed E-state index contributed by atoms with van der Waals surface area (Å²) >= 11 is 0. The Morgan fingerprint density at radius 1 is 0.474 bits per heavy atom. The fraction of sp³-hybridized carbons (Fsp3) is 0.922. The van der Waals surface area contributed by atoms with Crippen LogP contribution in [0.2, 0.25) is 0 Å². The van der Waals surface area contributed by atoms with E-state index in [2.05, 4.69) is 31.3 Å². The SMILES string of the molecule is CCCCCC/C=C\CCCCCCCC(=O)OCCCCCCCCCCCCCCC(=O)NC(CO)C(O)CCCCCCCCCCCCCCCCC. The molecule has 338 valence electrons. The number of rotatable bonds is 47. The maximum atomic E-state index is 12.4. The highest BCUT2D eigenvalue weighted by Gasteiger charge is 2.20.